The van der Waals surface area contributed by atoms with E-state index in [2.05, 4.69) is 58.3 Å². The Balaban J connectivity index is 1.51. The van der Waals surface area contributed by atoms with Crippen molar-refractivity contribution in [2.45, 2.75) is 25.8 Å². The predicted molar refractivity (Wildman–Crippen MR) is 128 cm³/mol. The molecule has 1 fully saturated rings. The van der Waals surface area contributed by atoms with Crippen LogP contribution in [-0.2, 0) is 0 Å². The Morgan fingerprint density at radius 3 is 2.78 bits per heavy atom. The van der Waals surface area contributed by atoms with Crippen LogP contribution in [0.1, 0.15) is 24.0 Å². The molecule has 0 radical (unpaired) electrons. The molecule has 3 heterocycles. The molecular weight excluding hydrogens is 394 g/mol. The minimum Gasteiger partial charge on any atom is -0.381 e. The predicted octanol–water partition coefficient (Wildman–Crippen LogP) is 6.00. The molecule has 1 aliphatic rings. The third kappa shape index (κ3) is 3.09. The topological polar surface area (TPSA) is 66.5 Å². The molecule has 5 aromatic rings. The lowest BCUT2D eigenvalue weighted by Crippen LogP contribution is -2.04. The molecule has 0 aliphatic heterocycles. The highest BCUT2D eigenvalue weighted by molar-refractivity contribution is 5.98. The molecule has 0 amide bonds. The van der Waals surface area contributed by atoms with Crippen molar-refractivity contribution in [2.75, 3.05) is 5.32 Å². The maximum atomic E-state index is 9.51. The van der Waals surface area contributed by atoms with Crippen molar-refractivity contribution in [3.8, 4) is 22.9 Å². The number of para-hydroxylation sites is 1. The zero-order valence-electron chi connectivity index (χ0n) is 17.7. The van der Waals surface area contributed by atoms with Gasteiger partial charge in [0.05, 0.1) is 16.8 Å². The summed E-state index contributed by atoms with van der Waals surface area (Å²) < 4.78 is 2.11. The average molecular weight is 416 g/mol. The van der Waals surface area contributed by atoms with E-state index in [1.165, 1.54) is 0 Å². The van der Waals surface area contributed by atoms with Gasteiger partial charge in [0.2, 0.25) is 0 Å². The van der Waals surface area contributed by atoms with Crippen LogP contribution in [0.3, 0.4) is 0 Å². The van der Waals surface area contributed by atoms with Crippen molar-refractivity contribution in [3.05, 3.63) is 84.3 Å². The van der Waals surface area contributed by atoms with E-state index in [-0.39, 0.29) is 0 Å². The number of aromatic nitrogens is 3. The quantitative estimate of drug-likeness (QED) is 0.391. The van der Waals surface area contributed by atoms with Gasteiger partial charge in [-0.25, -0.2) is 4.98 Å². The second kappa shape index (κ2) is 7.21. The molecule has 1 saturated carbocycles. The van der Waals surface area contributed by atoms with Gasteiger partial charge in [-0.15, -0.1) is 0 Å². The van der Waals surface area contributed by atoms with E-state index in [1.807, 2.05) is 42.7 Å². The SMILES string of the molecule is Cc1cn(-c2ccc(C#N)c(NC3CC3)c2)c2nccc(-c3cnc4ccccc4c3)c12. The van der Waals surface area contributed by atoms with Crippen LogP contribution in [0.2, 0.25) is 0 Å². The largest absolute Gasteiger partial charge is 0.381 e. The molecular formula is C27H21N5. The van der Waals surface area contributed by atoms with Crippen LogP contribution in [0, 0.1) is 18.3 Å². The molecule has 1 N–H and O–H groups in total. The first-order valence-electron chi connectivity index (χ1n) is 10.8. The second-order valence-corrected chi connectivity index (χ2v) is 8.42. The first-order valence-corrected chi connectivity index (χ1v) is 10.8. The van der Waals surface area contributed by atoms with Gasteiger partial charge in [0.1, 0.15) is 11.7 Å². The molecule has 5 nitrogen and oxygen atoms in total. The Morgan fingerprint density at radius 2 is 1.94 bits per heavy atom. The summed E-state index contributed by atoms with van der Waals surface area (Å²) >= 11 is 0. The maximum absolute atomic E-state index is 9.51. The van der Waals surface area contributed by atoms with E-state index < -0.39 is 0 Å². The lowest BCUT2D eigenvalue weighted by molar-refractivity contribution is 1.08. The standard InChI is InChI=1S/C27H21N5/c1-17-16-32(22-9-6-19(14-28)25(13-22)31-21-7-8-21)27-26(17)23(10-11-29-27)20-12-18-4-2-3-5-24(18)30-15-20/h2-6,9-13,15-16,21,31H,7-8H2,1H3. The number of anilines is 1. The number of nitrogens with zero attached hydrogens (tertiary/aromatic N) is 4. The van der Waals surface area contributed by atoms with Crippen LogP contribution in [0.25, 0.3) is 38.8 Å². The number of pyridine rings is 2. The minimum atomic E-state index is 0.477. The first kappa shape index (κ1) is 18.6. The van der Waals surface area contributed by atoms with Crippen molar-refractivity contribution in [3.63, 3.8) is 0 Å². The van der Waals surface area contributed by atoms with E-state index in [0.29, 0.717) is 11.6 Å². The highest BCUT2D eigenvalue weighted by atomic mass is 15.0. The number of hydrogen-bond donors (Lipinski definition) is 1. The molecule has 154 valence electrons. The highest BCUT2D eigenvalue weighted by Crippen LogP contribution is 2.34. The van der Waals surface area contributed by atoms with Gasteiger partial charge in [-0.3, -0.25) is 4.98 Å². The van der Waals surface area contributed by atoms with Crippen molar-refractivity contribution in [1.82, 2.24) is 14.5 Å². The first-order chi connectivity index (χ1) is 15.7. The van der Waals surface area contributed by atoms with E-state index in [0.717, 1.165) is 62.8 Å². The Kier molecular flexibility index (Phi) is 4.19. The van der Waals surface area contributed by atoms with Crippen LogP contribution >= 0.6 is 0 Å². The Hall–Kier alpha value is -4.17. The van der Waals surface area contributed by atoms with Gasteiger partial charge < -0.3 is 9.88 Å². The number of hydrogen-bond acceptors (Lipinski definition) is 4. The number of nitriles is 1. The van der Waals surface area contributed by atoms with Crippen molar-refractivity contribution < 1.29 is 0 Å². The van der Waals surface area contributed by atoms with Crippen LogP contribution in [0.4, 0.5) is 5.69 Å². The number of benzene rings is 2. The monoisotopic (exact) mass is 415 g/mol. The van der Waals surface area contributed by atoms with Gasteiger partial charge in [0, 0.05) is 46.7 Å². The zero-order valence-corrected chi connectivity index (χ0v) is 17.7. The molecule has 32 heavy (non-hydrogen) atoms. The average Bonchev–Trinajstić information content (AvgIpc) is 3.59. The van der Waals surface area contributed by atoms with Crippen LogP contribution < -0.4 is 5.32 Å². The summed E-state index contributed by atoms with van der Waals surface area (Å²) in [6, 6.07) is 21.1. The van der Waals surface area contributed by atoms with E-state index in [1.54, 1.807) is 0 Å². The smallest absolute Gasteiger partial charge is 0.145 e. The molecule has 0 bridgehead atoms. The summed E-state index contributed by atoms with van der Waals surface area (Å²) in [6.07, 6.45) is 8.23. The molecule has 0 atom stereocenters. The normalized spacial score (nSPS) is 13.4. The molecule has 0 spiro atoms. The molecule has 0 saturated heterocycles. The summed E-state index contributed by atoms with van der Waals surface area (Å²) in [5.74, 6) is 0. The summed E-state index contributed by atoms with van der Waals surface area (Å²) in [6.45, 7) is 2.12. The van der Waals surface area contributed by atoms with Crippen molar-refractivity contribution >= 4 is 27.6 Å². The Labute approximate surface area is 186 Å². The maximum Gasteiger partial charge on any atom is 0.145 e. The molecule has 2 aromatic carbocycles. The van der Waals surface area contributed by atoms with E-state index in [9.17, 15) is 5.26 Å². The number of aryl methyl sites for hydroxylation is 1. The number of fused-ring (bicyclic) bond motifs is 2. The van der Waals surface area contributed by atoms with Crippen LogP contribution in [-0.4, -0.2) is 20.6 Å². The lowest BCUT2D eigenvalue weighted by Gasteiger charge is -2.11. The summed E-state index contributed by atoms with van der Waals surface area (Å²) in [5.41, 5.74) is 7.79. The Bertz CT molecular complexity index is 1540. The van der Waals surface area contributed by atoms with Gasteiger partial charge in [-0.1, -0.05) is 18.2 Å². The van der Waals surface area contributed by atoms with Gasteiger partial charge in [-0.05, 0) is 67.3 Å². The summed E-state index contributed by atoms with van der Waals surface area (Å²) in [4.78, 5) is 9.39. The summed E-state index contributed by atoms with van der Waals surface area (Å²) in [7, 11) is 0. The van der Waals surface area contributed by atoms with Crippen molar-refractivity contribution in [2.24, 2.45) is 0 Å². The van der Waals surface area contributed by atoms with Gasteiger partial charge in [-0.2, -0.15) is 5.26 Å². The lowest BCUT2D eigenvalue weighted by atomic mass is 10.0. The van der Waals surface area contributed by atoms with Crippen LogP contribution in [0.15, 0.2) is 73.2 Å². The fourth-order valence-electron chi connectivity index (χ4n) is 4.34. The van der Waals surface area contributed by atoms with E-state index in [4.69, 9.17) is 4.98 Å². The zero-order chi connectivity index (χ0) is 21.7. The van der Waals surface area contributed by atoms with E-state index >= 15 is 0 Å². The van der Waals surface area contributed by atoms with Gasteiger partial charge in [0.15, 0.2) is 0 Å². The van der Waals surface area contributed by atoms with Crippen LogP contribution in [0.5, 0.6) is 0 Å². The fourth-order valence-corrected chi connectivity index (χ4v) is 4.34. The number of rotatable bonds is 4. The third-order valence-electron chi connectivity index (χ3n) is 6.12. The second-order valence-electron chi connectivity index (χ2n) is 8.42. The molecule has 0 unspecified atom stereocenters. The van der Waals surface area contributed by atoms with Crippen molar-refractivity contribution in [1.29, 1.82) is 5.26 Å². The fraction of sp³-hybridized carbons (Fsp3) is 0.148. The highest BCUT2D eigenvalue weighted by Gasteiger charge is 2.22. The molecule has 3 aromatic heterocycles. The Morgan fingerprint density at radius 1 is 1.06 bits per heavy atom. The molecule has 5 heteroatoms. The minimum absolute atomic E-state index is 0.477. The third-order valence-corrected chi connectivity index (χ3v) is 6.12. The van der Waals surface area contributed by atoms with Gasteiger partial charge >= 0.3 is 0 Å². The molecule has 1 aliphatic carbocycles. The van der Waals surface area contributed by atoms with Gasteiger partial charge in [0.25, 0.3) is 0 Å². The number of nitrogens with one attached hydrogen (secondary N) is 1. The molecule has 6 rings (SSSR count). The summed E-state index contributed by atoms with van der Waals surface area (Å²) in [5, 5.41) is 15.2.